The molecule has 1 unspecified atom stereocenters. The van der Waals surface area contributed by atoms with E-state index < -0.39 is 21.5 Å². The maximum atomic E-state index is 12.6. The van der Waals surface area contributed by atoms with Gasteiger partial charge < -0.3 is 9.84 Å². The highest BCUT2D eigenvalue weighted by atomic mass is 32.2. The van der Waals surface area contributed by atoms with E-state index in [-0.39, 0.29) is 11.5 Å². The number of ether oxygens (including phenoxy) is 1. The second-order valence-corrected chi connectivity index (χ2v) is 6.68. The Morgan fingerprint density at radius 1 is 1.41 bits per heavy atom. The van der Waals surface area contributed by atoms with Crippen LogP contribution < -0.4 is 4.72 Å². The number of carboxylic acid groups (broad SMARTS) is 1. The molecule has 8 heteroatoms. The van der Waals surface area contributed by atoms with Crippen molar-refractivity contribution in [1.82, 2.24) is 9.71 Å². The molecule has 7 nitrogen and oxygen atoms in total. The molecule has 118 valence electrons. The lowest BCUT2D eigenvalue weighted by Gasteiger charge is -2.25. The van der Waals surface area contributed by atoms with Crippen LogP contribution in [0.5, 0.6) is 0 Å². The fraction of sp³-hybridized carbons (Fsp3) is 0.286. The minimum atomic E-state index is -4.05. The number of aliphatic carboxylic acids is 1. The van der Waals surface area contributed by atoms with E-state index in [0.717, 1.165) is 0 Å². The van der Waals surface area contributed by atoms with Crippen molar-refractivity contribution in [3.05, 3.63) is 36.7 Å². The summed E-state index contributed by atoms with van der Waals surface area (Å²) in [4.78, 5) is 15.3. The third kappa shape index (κ3) is 3.08. The standard InChI is InChI=1S/C14H16N2O5S/c1-14(9-21-2,13(17)18)16-22(19,20)12-5-3-4-10-8-15-7-6-11(10)12/h3-8,16H,9H2,1-2H3,(H,17,18). The number of nitrogens with zero attached hydrogens (tertiary/aromatic N) is 1. The second-order valence-electron chi connectivity index (χ2n) is 5.03. The number of carboxylic acids is 1. The number of benzene rings is 1. The van der Waals surface area contributed by atoms with E-state index in [1.54, 1.807) is 24.4 Å². The lowest BCUT2D eigenvalue weighted by molar-refractivity contribution is -0.145. The van der Waals surface area contributed by atoms with Gasteiger partial charge in [0.1, 0.15) is 0 Å². The number of aromatic nitrogens is 1. The number of hydrogen-bond acceptors (Lipinski definition) is 5. The molecule has 0 amide bonds. The molecule has 22 heavy (non-hydrogen) atoms. The summed E-state index contributed by atoms with van der Waals surface area (Å²) in [5.74, 6) is -1.32. The van der Waals surface area contributed by atoms with Crippen LogP contribution in [0.1, 0.15) is 6.92 Å². The summed E-state index contributed by atoms with van der Waals surface area (Å²) in [5, 5.41) is 10.4. The van der Waals surface area contributed by atoms with Crippen molar-refractivity contribution in [1.29, 1.82) is 0 Å². The average molecular weight is 324 g/mol. The summed E-state index contributed by atoms with van der Waals surface area (Å²) in [6.45, 7) is 0.955. The molecule has 2 aromatic rings. The number of rotatable bonds is 6. The van der Waals surface area contributed by atoms with Crippen LogP contribution in [-0.2, 0) is 19.6 Å². The number of fused-ring (bicyclic) bond motifs is 1. The van der Waals surface area contributed by atoms with Gasteiger partial charge in [-0.1, -0.05) is 12.1 Å². The molecule has 1 aromatic heterocycles. The Kier molecular flexibility index (Phi) is 4.45. The van der Waals surface area contributed by atoms with Crippen LogP contribution in [-0.4, -0.2) is 43.7 Å². The summed E-state index contributed by atoms with van der Waals surface area (Å²) in [5.41, 5.74) is -1.76. The van der Waals surface area contributed by atoms with Gasteiger partial charge >= 0.3 is 5.97 Å². The molecule has 0 aliphatic heterocycles. The third-order valence-corrected chi connectivity index (χ3v) is 4.85. The molecule has 0 spiro atoms. The van der Waals surface area contributed by atoms with Gasteiger partial charge in [-0.15, -0.1) is 0 Å². The Morgan fingerprint density at radius 3 is 2.77 bits per heavy atom. The predicted octanol–water partition coefficient (Wildman–Crippen LogP) is 1.00. The Labute approximate surface area is 128 Å². The number of methoxy groups -OCH3 is 1. The van der Waals surface area contributed by atoms with Gasteiger partial charge in [-0.3, -0.25) is 9.78 Å². The fourth-order valence-corrected chi connectivity index (χ4v) is 3.68. The van der Waals surface area contributed by atoms with Gasteiger partial charge in [-0.25, -0.2) is 8.42 Å². The van der Waals surface area contributed by atoms with E-state index in [2.05, 4.69) is 9.71 Å². The quantitative estimate of drug-likeness (QED) is 0.821. The molecule has 1 atom stereocenters. The van der Waals surface area contributed by atoms with E-state index in [4.69, 9.17) is 4.74 Å². The zero-order valence-corrected chi connectivity index (χ0v) is 12.9. The highest BCUT2D eigenvalue weighted by Gasteiger charge is 2.38. The first kappa shape index (κ1) is 16.3. The van der Waals surface area contributed by atoms with E-state index in [9.17, 15) is 18.3 Å². The molecule has 0 aliphatic rings. The maximum Gasteiger partial charge on any atom is 0.327 e. The first-order valence-corrected chi connectivity index (χ1v) is 7.87. The number of carbonyl (C=O) groups is 1. The summed E-state index contributed by atoms with van der Waals surface area (Å²) < 4.78 is 32.2. The molecular formula is C14H16N2O5S. The minimum absolute atomic E-state index is 0.00372. The number of hydrogen-bond donors (Lipinski definition) is 2. The number of pyridine rings is 1. The van der Waals surface area contributed by atoms with Gasteiger partial charge in [0.2, 0.25) is 10.0 Å². The monoisotopic (exact) mass is 324 g/mol. The number of sulfonamides is 1. The lowest BCUT2D eigenvalue weighted by atomic mass is 10.1. The molecule has 1 heterocycles. The van der Waals surface area contributed by atoms with E-state index >= 15 is 0 Å². The summed E-state index contributed by atoms with van der Waals surface area (Å²) >= 11 is 0. The topological polar surface area (TPSA) is 106 Å². The van der Waals surface area contributed by atoms with Gasteiger partial charge in [0.05, 0.1) is 11.5 Å². The van der Waals surface area contributed by atoms with Gasteiger partial charge in [0, 0.05) is 30.3 Å². The third-order valence-electron chi connectivity index (χ3n) is 3.19. The van der Waals surface area contributed by atoms with Crippen molar-refractivity contribution in [2.45, 2.75) is 17.4 Å². The van der Waals surface area contributed by atoms with E-state index in [1.165, 1.54) is 26.3 Å². The molecule has 0 fully saturated rings. The van der Waals surface area contributed by atoms with Crippen molar-refractivity contribution >= 4 is 26.8 Å². The van der Waals surface area contributed by atoms with Gasteiger partial charge in [-0.2, -0.15) is 4.72 Å². The first-order valence-electron chi connectivity index (χ1n) is 6.39. The highest BCUT2D eigenvalue weighted by molar-refractivity contribution is 7.89. The molecule has 1 aromatic carbocycles. The highest BCUT2D eigenvalue weighted by Crippen LogP contribution is 2.23. The molecule has 2 N–H and O–H groups in total. The van der Waals surface area contributed by atoms with Crippen molar-refractivity contribution in [2.75, 3.05) is 13.7 Å². The Hall–Kier alpha value is -2.03. The van der Waals surface area contributed by atoms with Crippen LogP contribution in [0, 0.1) is 0 Å². The summed E-state index contributed by atoms with van der Waals surface area (Å²) in [7, 11) is -2.75. The maximum absolute atomic E-state index is 12.6. The number of nitrogens with one attached hydrogen (secondary N) is 1. The van der Waals surface area contributed by atoms with Crippen LogP contribution in [0.2, 0.25) is 0 Å². The fourth-order valence-electron chi connectivity index (χ4n) is 2.10. The van der Waals surface area contributed by atoms with Gasteiger partial charge in [-0.05, 0) is 19.1 Å². The Morgan fingerprint density at radius 2 is 2.14 bits per heavy atom. The zero-order chi connectivity index (χ0) is 16.4. The lowest BCUT2D eigenvalue weighted by Crippen LogP contribution is -2.55. The van der Waals surface area contributed by atoms with Crippen molar-refractivity contribution in [3.8, 4) is 0 Å². The molecule has 0 saturated heterocycles. The first-order chi connectivity index (χ1) is 10.3. The van der Waals surface area contributed by atoms with Crippen LogP contribution in [0.25, 0.3) is 10.8 Å². The molecule has 2 rings (SSSR count). The second kappa shape index (κ2) is 5.99. The molecule has 0 radical (unpaired) electrons. The molecule has 0 aliphatic carbocycles. The van der Waals surface area contributed by atoms with Crippen LogP contribution in [0.15, 0.2) is 41.6 Å². The Balaban J connectivity index is 2.52. The minimum Gasteiger partial charge on any atom is -0.480 e. The van der Waals surface area contributed by atoms with Gasteiger partial charge in [0.15, 0.2) is 5.54 Å². The summed E-state index contributed by atoms with van der Waals surface area (Å²) in [6, 6.07) is 6.29. The predicted molar refractivity (Wildman–Crippen MR) is 80.0 cm³/mol. The SMILES string of the molecule is COCC(C)(NS(=O)(=O)c1cccc2cnccc12)C(=O)O. The largest absolute Gasteiger partial charge is 0.480 e. The van der Waals surface area contributed by atoms with Crippen LogP contribution in [0.4, 0.5) is 0 Å². The van der Waals surface area contributed by atoms with E-state index in [0.29, 0.717) is 10.8 Å². The van der Waals surface area contributed by atoms with Crippen LogP contribution in [0.3, 0.4) is 0 Å². The zero-order valence-electron chi connectivity index (χ0n) is 12.1. The van der Waals surface area contributed by atoms with E-state index in [1.807, 2.05) is 0 Å². The normalized spacial score (nSPS) is 14.6. The summed E-state index contributed by atoms with van der Waals surface area (Å²) in [6.07, 6.45) is 3.02. The molecular weight excluding hydrogens is 308 g/mol. The van der Waals surface area contributed by atoms with Crippen molar-refractivity contribution in [3.63, 3.8) is 0 Å². The molecule has 0 bridgehead atoms. The van der Waals surface area contributed by atoms with Crippen molar-refractivity contribution in [2.24, 2.45) is 0 Å². The van der Waals surface area contributed by atoms with Crippen molar-refractivity contribution < 1.29 is 23.1 Å². The Bertz CT molecular complexity index is 800. The molecule has 0 saturated carbocycles. The average Bonchev–Trinajstić information content (AvgIpc) is 2.46. The van der Waals surface area contributed by atoms with Crippen LogP contribution >= 0.6 is 0 Å². The van der Waals surface area contributed by atoms with Gasteiger partial charge in [0.25, 0.3) is 0 Å². The smallest absolute Gasteiger partial charge is 0.327 e.